The van der Waals surface area contributed by atoms with Crippen LogP contribution in [0.2, 0.25) is 5.02 Å². The van der Waals surface area contributed by atoms with Crippen LogP contribution in [0.25, 0.3) is 10.1 Å². The van der Waals surface area contributed by atoms with Gasteiger partial charge in [-0.25, -0.2) is 4.21 Å². The molecule has 0 aliphatic heterocycles. The van der Waals surface area contributed by atoms with Crippen molar-refractivity contribution in [2.24, 2.45) is 0 Å². The Balaban J connectivity index is 1.70. The summed E-state index contributed by atoms with van der Waals surface area (Å²) in [6.07, 6.45) is 4.59. The Kier molecular flexibility index (Phi) is 8.05. The van der Waals surface area contributed by atoms with E-state index in [2.05, 4.69) is 20.3 Å². The lowest BCUT2D eigenvalue weighted by Gasteiger charge is -2.23. The summed E-state index contributed by atoms with van der Waals surface area (Å²) in [5, 5.41) is 6.92. The van der Waals surface area contributed by atoms with Gasteiger partial charge in [-0.05, 0) is 53.4 Å². The van der Waals surface area contributed by atoms with Crippen molar-refractivity contribution in [2.75, 3.05) is 28.7 Å². The van der Waals surface area contributed by atoms with Crippen LogP contribution < -0.4 is 20.1 Å². The van der Waals surface area contributed by atoms with Gasteiger partial charge in [0.1, 0.15) is 11.0 Å². The summed E-state index contributed by atoms with van der Waals surface area (Å²) < 4.78 is 21.1. The van der Waals surface area contributed by atoms with Gasteiger partial charge < -0.3 is 20.1 Å². The van der Waals surface area contributed by atoms with Crippen molar-refractivity contribution in [1.29, 1.82) is 0 Å². The Morgan fingerprint density at radius 1 is 1.03 bits per heavy atom. The van der Waals surface area contributed by atoms with E-state index >= 15 is 0 Å². The van der Waals surface area contributed by atoms with Crippen LogP contribution in [0.5, 0.6) is 5.75 Å². The van der Waals surface area contributed by atoms with E-state index in [4.69, 9.17) is 16.3 Å². The number of nitrogens with zero attached hydrogens (tertiary/aromatic N) is 1. The zero-order valence-electron chi connectivity index (χ0n) is 21.5. The summed E-state index contributed by atoms with van der Waals surface area (Å²) in [6, 6.07) is 12.1. The maximum atomic E-state index is 13.4. The van der Waals surface area contributed by atoms with Gasteiger partial charge in [0, 0.05) is 29.1 Å². The minimum Gasteiger partial charge on any atom is -0.492 e. The first-order chi connectivity index (χ1) is 18.0. The number of carbonyl (C=O) groups is 2. The molecule has 2 aromatic heterocycles. The molecule has 0 fully saturated rings. The molecule has 8 nitrogen and oxygen atoms in total. The second-order valence-electron chi connectivity index (χ2n) is 9.51. The number of hydrogen-bond donors (Lipinski definition) is 3. The number of nitrogens with one attached hydrogen (secondary N) is 3. The Morgan fingerprint density at radius 2 is 1.74 bits per heavy atom. The van der Waals surface area contributed by atoms with Crippen molar-refractivity contribution >= 4 is 72.9 Å². The van der Waals surface area contributed by atoms with Gasteiger partial charge in [-0.3, -0.25) is 14.6 Å². The summed E-state index contributed by atoms with van der Waals surface area (Å²) in [4.78, 5) is 30.5. The number of halogens is 1. The Labute approximate surface area is 232 Å². The third-order valence-corrected chi connectivity index (χ3v) is 7.69. The molecular weight excluding hydrogens is 544 g/mol. The zero-order valence-corrected chi connectivity index (χ0v) is 23.9. The van der Waals surface area contributed by atoms with E-state index in [1.54, 1.807) is 36.5 Å². The minimum atomic E-state index is -1.35. The normalized spacial score (nSPS) is 12.2. The third-order valence-electron chi connectivity index (χ3n) is 5.69. The van der Waals surface area contributed by atoms with Crippen LogP contribution in [0, 0.1) is 0 Å². The number of aromatic nitrogens is 1. The average molecular weight is 571 g/mol. The number of pyridine rings is 1. The fraction of sp³-hybridized carbons (Fsp3) is 0.222. The highest BCUT2D eigenvalue weighted by atomic mass is 35.5. The highest BCUT2D eigenvalue weighted by molar-refractivity contribution is 7.85. The predicted molar refractivity (Wildman–Crippen MR) is 156 cm³/mol. The Hall–Kier alpha value is -3.47. The molecule has 38 heavy (non-hydrogen) atoms. The summed E-state index contributed by atoms with van der Waals surface area (Å²) in [5.74, 6) is -0.331. The fourth-order valence-corrected chi connectivity index (χ4v) is 5.56. The van der Waals surface area contributed by atoms with Crippen molar-refractivity contribution in [3.05, 3.63) is 75.9 Å². The molecule has 0 spiro atoms. The molecule has 3 N–H and O–H groups in total. The standard InChI is InChI=1S/C27H27ClN4O4S2/c1-27(2,3)16-11-20(23(36-4)21(12-16)32-38(5)35)31-26(34)22-13-17-18(28)8-9-19(24(17)37-22)30-25(33)15-7-6-10-29-14-15/h6-14,32H,1-5H3,(H,30,33)(H,31,34). The zero-order chi connectivity index (χ0) is 27.6. The second-order valence-corrected chi connectivity index (χ2v) is 12.1. The van der Waals surface area contributed by atoms with Crippen molar-refractivity contribution in [3.8, 4) is 5.75 Å². The number of thiophene rings is 1. The molecule has 0 saturated carbocycles. The van der Waals surface area contributed by atoms with Gasteiger partial charge >= 0.3 is 0 Å². The number of methoxy groups -OCH3 is 1. The molecule has 2 amide bonds. The SMILES string of the molecule is COc1c(NC(=O)c2cc3c(Cl)ccc(NC(=O)c4cccnc4)c3s2)cc(C(C)(C)C)cc1NS(C)=O. The Bertz CT molecular complexity index is 1550. The van der Waals surface area contributed by atoms with Gasteiger partial charge in [0.15, 0.2) is 5.75 Å². The van der Waals surface area contributed by atoms with Crippen LogP contribution in [0.1, 0.15) is 46.4 Å². The van der Waals surface area contributed by atoms with E-state index in [0.717, 1.165) is 5.56 Å². The average Bonchev–Trinajstić information content (AvgIpc) is 3.32. The summed E-state index contributed by atoms with van der Waals surface area (Å²) >= 11 is 7.65. The molecule has 0 aliphatic carbocycles. The molecule has 198 valence electrons. The number of ether oxygens (including phenoxy) is 1. The number of benzene rings is 2. The molecule has 11 heteroatoms. The third kappa shape index (κ3) is 5.98. The molecule has 2 heterocycles. The molecule has 0 bridgehead atoms. The largest absolute Gasteiger partial charge is 0.492 e. The van der Waals surface area contributed by atoms with Gasteiger partial charge in [0.05, 0.1) is 39.3 Å². The first-order valence-corrected chi connectivity index (χ1v) is 14.3. The maximum Gasteiger partial charge on any atom is 0.265 e. The number of fused-ring (bicyclic) bond motifs is 1. The van der Waals surface area contributed by atoms with E-state index in [1.807, 2.05) is 32.9 Å². The van der Waals surface area contributed by atoms with Crippen LogP contribution >= 0.6 is 22.9 Å². The maximum absolute atomic E-state index is 13.4. The summed E-state index contributed by atoms with van der Waals surface area (Å²) in [6.45, 7) is 6.13. The molecular formula is C27H27ClN4O4S2. The molecule has 0 saturated heterocycles. The summed E-state index contributed by atoms with van der Waals surface area (Å²) in [7, 11) is 0.139. The van der Waals surface area contributed by atoms with E-state index < -0.39 is 11.0 Å². The van der Waals surface area contributed by atoms with Crippen molar-refractivity contribution in [2.45, 2.75) is 26.2 Å². The quantitative estimate of drug-likeness (QED) is 0.236. The molecule has 4 aromatic rings. The van der Waals surface area contributed by atoms with E-state index in [0.29, 0.717) is 48.4 Å². The number of amides is 2. The number of carbonyl (C=O) groups excluding carboxylic acids is 2. The monoisotopic (exact) mass is 570 g/mol. The van der Waals surface area contributed by atoms with Crippen molar-refractivity contribution in [3.63, 3.8) is 0 Å². The lowest BCUT2D eigenvalue weighted by molar-refractivity contribution is 0.102. The van der Waals surface area contributed by atoms with Crippen LogP contribution in [0.3, 0.4) is 0 Å². The summed E-state index contributed by atoms with van der Waals surface area (Å²) in [5.41, 5.74) is 2.56. The smallest absolute Gasteiger partial charge is 0.265 e. The molecule has 2 aromatic carbocycles. The lowest BCUT2D eigenvalue weighted by Crippen LogP contribution is -2.16. The van der Waals surface area contributed by atoms with Gasteiger partial charge in [0.25, 0.3) is 11.8 Å². The van der Waals surface area contributed by atoms with E-state index in [9.17, 15) is 13.8 Å². The Morgan fingerprint density at radius 3 is 2.37 bits per heavy atom. The molecule has 1 unspecified atom stereocenters. The van der Waals surface area contributed by atoms with Crippen molar-refractivity contribution < 1.29 is 18.5 Å². The second kappa shape index (κ2) is 11.1. The van der Waals surface area contributed by atoms with E-state index in [1.165, 1.54) is 30.9 Å². The molecule has 0 aliphatic rings. The van der Waals surface area contributed by atoms with E-state index in [-0.39, 0.29) is 17.2 Å². The first-order valence-electron chi connectivity index (χ1n) is 11.6. The fourth-order valence-electron chi connectivity index (χ4n) is 3.78. The number of rotatable bonds is 7. The van der Waals surface area contributed by atoms with Gasteiger partial charge in [-0.15, -0.1) is 11.3 Å². The van der Waals surface area contributed by atoms with Gasteiger partial charge in [-0.1, -0.05) is 32.4 Å². The van der Waals surface area contributed by atoms with Crippen LogP contribution in [-0.4, -0.2) is 34.4 Å². The number of hydrogen-bond acceptors (Lipinski definition) is 6. The number of anilines is 3. The molecule has 1 atom stereocenters. The predicted octanol–water partition coefficient (Wildman–Crippen LogP) is 6.47. The highest BCUT2D eigenvalue weighted by Gasteiger charge is 2.23. The molecule has 4 rings (SSSR count). The van der Waals surface area contributed by atoms with Crippen molar-refractivity contribution in [1.82, 2.24) is 4.98 Å². The lowest BCUT2D eigenvalue weighted by atomic mass is 9.86. The van der Waals surface area contributed by atoms with Crippen LogP contribution in [0.4, 0.5) is 17.1 Å². The van der Waals surface area contributed by atoms with Crippen LogP contribution in [0.15, 0.2) is 54.9 Å². The first kappa shape index (κ1) is 27.6. The van der Waals surface area contributed by atoms with Crippen LogP contribution in [-0.2, 0) is 16.4 Å². The molecule has 0 radical (unpaired) electrons. The minimum absolute atomic E-state index is 0.246. The van der Waals surface area contributed by atoms with Gasteiger partial charge in [-0.2, -0.15) is 0 Å². The highest BCUT2D eigenvalue weighted by Crippen LogP contribution is 2.41. The van der Waals surface area contributed by atoms with Gasteiger partial charge in [0.2, 0.25) is 0 Å². The topological polar surface area (TPSA) is 109 Å².